The highest BCUT2D eigenvalue weighted by molar-refractivity contribution is 5.99. The molecule has 1 aromatic carbocycles. The number of nitrogens with zero attached hydrogens (tertiary/aromatic N) is 3. The smallest absolute Gasteiger partial charge is 0.408 e. The van der Waals surface area contributed by atoms with Crippen molar-refractivity contribution in [2.24, 2.45) is 13.0 Å². The van der Waals surface area contributed by atoms with Gasteiger partial charge >= 0.3 is 6.09 Å². The van der Waals surface area contributed by atoms with E-state index in [2.05, 4.69) is 5.32 Å². The molecule has 1 N–H and O–H groups in total. The summed E-state index contributed by atoms with van der Waals surface area (Å²) in [6.07, 6.45) is 4.52. The largest absolute Gasteiger partial charge is 0.497 e. The van der Waals surface area contributed by atoms with Crippen LogP contribution in [0.4, 0.5) is 4.79 Å². The Morgan fingerprint density at radius 2 is 1.76 bits per heavy atom. The van der Waals surface area contributed by atoms with E-state index in [-0.39, 0.29) is 23.8 Å². The second kappa shape index (κ2) is 11.3. The summed E-state index contributed by atoms with van der Waals surface area (Å²) in [4.78, 5) is 43.6. The highest BCUT2D eigenvalue weighted by Crippen LogP contribution is 2.29. The van der Waals surface area contributed by atoms with Gasteiger partial charge in [-0.05, 0) is 64.7 Å². The van der Waals surface area contributed by atoms with Crippen LogP contribution in [0.15, 0.2) is 24.3 Å². The Bertz CT molecular complexity index is 1180. The summed E-state index contributed by atoms with van der Waals surface area (Å²) in [5.74, 6) is 0.686. The molecule has 0 spiro atoms. The SMILES string of the molecule is COc1ccc2cc(C(=O)N3CCN(C(=O)[C@@H](NC(=O)OC(C)(C)C)C4CCCCC4)[C@H](C)C3)n(C)c2c1. The Labute approximate surface area is 225 Å². The molecule has 2 aliphatic rings. The van der Waals surface area contributed by atoms with E-state index in [1.807, 2.05) is 73.4 Å². The van der Waals surface area contributed by atoms with Crippen molar-refractivity contribution < 1.29 is 23.9 Å². The number of amides is 3. The third-order valence-electron chi connectivity index (χ3n) is 7.73. The van der Waals surface area contributed by atoms with Crippen molar-refractivity contribution in [3.63, 3.8) is 0 Å². The van der Waals surface area contributed by atoms with Gasteiger partial charge in [0.2, 0.25) is 5.91 Å². The number of aromatic nitrogens is 1. The molecule has 9 nitrogen and oxygen atoms in total. The molecule has 2 fully saturated rings. The molecule has 2 heterocycles. The van der Waals surface area contributed by atoms with Crippen LogP contribution >= 0.6 is 0 Å². The summed E-state index contributed by atoms with van der Waals surface area (Å²) < 4.78 is 12.7. The molecule has 1 saturated carbocycles. The third-order valence-corrected chi connectivity index (χ3v) is 7.73. The number of hydrogen-bond donors (Lipinski definition) is 1. The minimum atomic E-state index is -0.642. The minimum Gasteiger partial charge on any atom is -0.497 e. The topological polar surface area (TPSA) is 93.1 Å². The Morgan fingerprint density at radius 1 is 1.05 bits per heavy atom. The molecular weight excluding hydrogens is 484 g/mol. The Morgan fingerprint density at radius 3 is 2.39 bits per heavy atom. The molecule has 1 aliphatic carbocycles. The Hall–Kier alpha value is -3.23. The standard InChI is InChI=1S/C29H42N4O5/c1-19-18-32(26(34)24-16-21-12-13-22(37-6)17-23(21)31(24)5)14-15-33(19)27(35)25(20-10-8-7-9-11-20)30-28(36)38-29(2,3)4/h12-13,16-17,19-20,25H,7-11,14-15,18H2,1-6H3,(H,30,36)/t19-,25+/m1/s1. The summed E-state index contributed by atoms with van der Waals surface area (Å²) in [6, 6.07) is 6.87. The number of hydrogen-bond acceptors (Lipinski definition) is 5. The number of fused-ring (bicyclic) bond motifs is 1. The van der Waals surface area contributed by atoms with Gasteiger partial charge in [-0.2, -0.15) is 0 Å². The van der Waals surface area contributed by atoms with E-state index in [0.717, 1.165) is 48.8 Å². The molecule has 208 valence electrons. The molecule has 1 aromatic heterocycles. The van der Waals surface area contributed by atoms with Crippen LogP contribution in [0.1, 0.15) is 70.3 Å². The van der Waals surface area contributed by atoms with Gasteiger partial charge in [-0.1, -0.05) is 19.3 Å². The van der Waals surface area contributed by atoms with Crippen LogP contribution in [-0.2, 0) is 16.6 Å². The number of piperazine rings is 1. The van der Waals surface area contributed by atoms with Crippen molar-refractivity contribution in [2.45, 2.75) is 77.5 Å². The predicted molar refractivity (Wildman–Crippen MR) is 146 cm³/mol. The van der Waals surface area contributed by atoms with Crippen molar-refractivity contribution >= 4 is 28.8 Å². The normalized spacial score (nSPS) is 19.8. The lowest BCUT2D eigenvalue weighted by Crippen LogP contribution is -2.61. The van der Waals surface area contributed by atoms with Crippen molar-refractivity contribution in [1.29, 1.82) is 0 Å². The van der Waals surface area contributed by atoms with E-state index in [1.54, 1.807) is 7.11 Å². The van der Waals surface area contributed by atoms with Gasteiger partial charge in [0.1, 0.15) is 23.1 Å². The zero-order valence-electron chi connectivity index (χ0n) is 23.6. The average Bonchev–Trinajstić information content (AvgIpc) is 3.21. The van der Waals surface area contributed by atoms with Crippen molar-refractivity contribution in [1.82, 2.24) is 19.7 Å². The molecule has 3 amide bonds. The number of aryl methyl sites for hydroxylation is 1. The zero-order valence-corrected chi connectivity index (χ0v) is 23.6. The van der Waals surface area contributed by atoms with Crippen LogP contribution in [0.5, 0.6) is 5.75 Å². The highest BCUT2D eigenvalue weighted by Gasteiger charge is 2.39. The first-order valence-electron chi connectivity index (χ1n) is 13.7. The first kappa shape index (κ1) is 27.8. The fourth-order valence-corrected chi connectivity index (χ4v) is 5.74. The van der Waals surface area contributed by atoms with Crippen molar-refractivity contribution in [3.8, 4) is 5.75 Å². The van der Waals surface area contributed by atoms with Crippen molar-refractivity contribution in [2.75, 3.05) is 26.7 Å². The van der Waals surface area contributed by atoms with Crippen LogP contribution in [0.3, 0.4) is 0 Å². The first-order chi connectivity index (χ1) is 18.0. The van der Waals surface area contributed by atoms with Gasteiger partial charge in [-0.15, -0.1) is 0 Å². The molecule has 0 radical (unpaired) electrons. The molecule has 38 heavy (non-hydrogen) atoms. The number of carbonyl (C=O) groups excluding carboxylic acids is 3. The van der Waals surface area contributed by atoms with E-state index >= 15 is 0 Å². The van der Waals surface area contributed by atoms with E-state index < -0.39 is 17.7 Å². The van der Waals surface area contributed by atoms with Gasteiger partial charge in [-0.25, -0.2) is 4.79 Å². The van der Waals surface area contributed by atoms with Gasteiger partial charge in [0.15, 0.2) is 0 Å². The van der Waals surface area contributed by atoms with Gasteiger partial charge in [-0.3, -0.25) is 9.59 Å². The summed E-state index contributed by atoms with van der Waals surface area (Å²) >= 11 is 0. The van der Waals surface area contributed by atoms with Crippen LogP contribution < -0.4 is 10.1 Å². The van der Waals surface area contributed by atoms with Gasteiger partial charge in [0, 0.05) is 44.2 Å². The van der Waals surface area contributed by atoms with Crippen LogP contribution in [-0.4, -0.2) is 76.7 Å². The fraction of sp³-hybridized carbons (Fsp3) is 0.621. The molecule has 0 unspecified atom stereocenters. The lowest BCUT2D eigenvalue weighted by atomic mass is 9.83. The Kier molecular flexibility index (Phi) is 8.23. The summed E-state index contributed by atoms with van der Waals surface area (Å²) in [5, 5.41) is 3.88. The molecule has 2 atom stereocenters. The number of benzene rings is 1. The minimum absolute atomic E-state index is 0.0580. The maximum atomic E-state index is 13.8. The third kappa shape index (κ3) is 6.08. The number of nitrogens with one attached hydrogen (secondary N) is 1. The number of rotatable bonds is 5. The highest BCUT2D eigenvalue weighted by atomic mass is 16.6. The lowest BCUT2D eigenvalue weighted by molar-refractivity contribution is -0.139. The van der Waals surface area contributed by atoms with E-state index in [0.29, 0.717) is 25.3 Å². The van der Waals surface area contributed by atoms with Crippen LogP contribution in [0.25, 0.3) is 10.9 Å². The van der Waals surface area contributed by atoms with E-state index in [9.17, 15) is 14.4 Å². The lowest BCUT2D eigenvalue weighted by Gasteiger charge is -2.42. The zero-order chi connectivity index (χ0) is 27.6. The van der Waals surface area contributed by atoms with Crippen LogP contribution in [0, 0.1) is 5.92 Å². The van der Waals surface area contributed by atoms with Gasteiger partial charge < -0.3 is 29.2 Å². The Balaban J connectivity index is 1.47. The van der Waals surface area contributed by atoms with Gasteiger partial charge in [0.05, 0.1) is 12.6 Å². The summed E-state index contributed by atoms with van der Waals surface area (Å²) in [5.41, 5.74) is 0.890. The quantitative estimate of drug-likeness (QED) is 0.626. The van der Waals surface area contributed by atoms with Crippen LogP contribution in [0.2, 0.25) is 0 Å². The second-order valence-corrected chi connectivity index (χ2v) is 11.7. The number of carbonyl (C=O) groups is 3. The summed E-state index contributed by atoms with van der Waals surface area (Å²) in [7, 11) is 3.51. The average molecular weight is 527 g/mol. The molecule has 4 rings (SSSR count). The van der Waals surface area contributed by atoms with E-state index in [1.165, 1.54) is 0 Å². The number of ether oxygens (including phenoxy) is 2. The number of alkyl carbamates (subject to hydrolysis) is 1. The maximum Gasteiger partial charge on any atom is 0.408 e. The second-order valence-electron chi connectivity index (χ2n) is 11.7. The predicted octanol–water partition coefficient (Wildman–Crippen LogP) is 4.33. The van der Waals surface area contributed by atoms with Gasteiger partial charge in [0.25, 0.3) is 5.91 Å². The molecule has 0 bridgehead atoms. The van der Waals surface area contributed by atoms with Crippen molar-refractivity contribution in [3.05, 3.63) is 30.0 Å². The fourth-order valence-electron chi connectivity index (χ4n) is 5.74. The molecule has 1 aliphatic heterocycles. The summed E-state index contributed by atoms with van der Waals surface area (Å²) in [6.45, 7) is 8.69. The number of methoxy groups -OCH3 is 1. The maximum absolute atomic E-state index is 13.8. The molecule has 2 aromatic rings. The molecule has 1 saturated heterocycles. The monoisotopic (exact) mass is 526 g/mol. The molecule has 9 heteroatoms. The first-order valence-corrected chi connectivity index (χ1v) is 13.7. The molecular formula is C29H42N4O5. The van der Waals surface area contributed by atoms with E-state index in [4.69, 9.17) is 9.47 Å².